The Kier molecular flexibility index (Phi) is 4.33. The van der Waals surface area contributed by atoms with Gasteiger partial charge in [-0.2, -0.15) is 0 Å². The smallest absolute Gasteiger partial charge is 0.263 e. The SMILES string of the molecule is O=C(CCN1C(=O)c2cccc(Cl)c2C1=O)Nc1cccc2cccnc12. The Balaban J connectivity index is 1.47. The second-order valence-electron chi connectivity index (χ2n) is 6.10. The van der Waals surface area contributed by atoms with Crippen LogP contribution >= 0.6 is 11.6 Å². The van der Waals surface area contributed by atoms with E-state index < -0.39 is 11.8 Å². The molecule has 0 unspecified atom stereocenters. The van der Waals surface area contributed by atoms with Crippen LogP contribution in [0.5, 0.6) is 0 Å². The summed E-state index contributed by atoms with van der Waals surface area (Å²) in [6.07, 6.45) is 1.63. The molecule has 0 fully saturated rings. The van der Waals surface area contributed by atoms with Crippen molar-refractivity contribution in [2.75, 3.05) is 11.9 Å². The molecular weight excluding hydrogens is 366 g/mol. The van der Waals surface area contributed by atoms with Crippen molar-refractivity contribution in [3.8, 4) is 0 Å². The van der Waals surface area contributed by atoms with E-state index in [-0.39, 0.29) is 35.0 Å². The maximum absolute atomic E-state index is 12.5. The molecule has 0 spiro atoms. The summed E-state index contributed by atoms with van der Waals surface area (Å²) in [7, 11) is 0. The molecule has 0 radical (unpaired) electrons. The molecule has 1 aromatic heterocycles. The zero-order valence-corrected chi connectivity index (χ0v) is 14.9. The Hall–Kier alpha value is -3.25. The van der Waals surface area contributed by atoms with Gasteiger partial charge in [-0.1, -0.05) is 35.9 Å². The number of hydrogen-bond donors (Lipinski definition) is 1. The van der Waals surface area contributed by atoms with Crippen LogP contribution in [0.3, 0.4) is 0 Å². The number of carbonyl (C=O) groups excluding carboxylic acids is 3. The number of rotatable bonds is 4. The lowest BCUT2D eigenvalue weighted by molar-refractivity contribution is -0.116. The zero-order valence-electron chi connectivity index (χ0n) is 14.1. The molecule has 0 atom stereocenters. The largest absolute Gasteiger partial charge is 0.324 e. The molecule has 6 nitrogen and oxygen atoms in total. The first-order valence-corrected chi connectivity index (χ1v) is 8.72. The fourth-order valence-corrected chi connectivity index (χ4v) is 3.38. The number of amides is 3. The standard InChI is InChI=1S/C20H14ClN3O3/c21-14-7-2-6-13-17(14)20(27)24(19(13)26)11-9-16(25)23-15-8-1-4-12-5-3-10-22-18(12)15/h1-8,10H,9,11H2,(H,23,25). The minimum atomic E-state index is -0.472. The number of pyridine rings is 1. The highest BCUT2D eigenvalue weighted by atomic mass is 35.5. The number of imide groups is 1. The summed E-state index contributed by atoms with van der Waals surface area (Å²) in [5, 5.41) is 3.94. The van der Waals surface area contributed by atoms with E-state index in [4.69, 9.17) is 11.6 Å². The minimum Gasteiger partial charge on any atom is -0.324 e. The third kappa shape index (κ3) is 3.04. The number of nitrogens with one attached hydrogen (secondary N) is 1. The second kappa shape index (κ2) is 6.81. The fraction of sp³-hybridized carbons (Fsp3) is 0.100. The van der Waals surface area contributed by atoms with Crippen molar-refractivity contribution in [2.45, 2.75) is 6.42 Å². The van der Waals surface area contributed by atoms with Crippen molar-refractivity contribution >= 4 is 45.9 Å². The average molecular weight is 380 g/mol. The van der Waals surface area contributed by atoms with E-state index in [1.54, 1.807) is 30.5 Å². The van der Waals surface area contributed by atoms with Gasteiger partial charge >= 0.3 is 0 Å². The number of aromatic nitrogens is 1. The fourth-order valence-electron chi connectivity index (χ4n) is 3.13. The van der Waals surface area contributed by atoms with Crippen LogP contribution in [-0.4, -0.2) is 34.2 Å². The molecule has 7 heteroatoms. The molecule has 3 aromatic rings. The normalized spacial score (nSPS) is 13.1. The topological polar surface area (TPSA) is 79.4 Å². The van der Waals surface area contributed by atoms with E-state index >= 15 is 0 Å². The maximum atomic E-state index is 12.5. The van der Waals surface area contributed by atoms with Gasteiger partial charge in [-0.25, -0.2) is 0 Å². The van der Waals surface area contributed by atoms with Crippen molar-refractivity contribution in [3.05, 3.63) is 70.9 Å². The summed E-state index contributed by atoms with van der Waals surface area (Å²) < 4.78 is 0. The lowest BCUT2D eigenvalue weighted by atomic mass is 10.1. The van der Waals surface area contributed by atoms with Crippen molar-refractivity contribution in [1.82, 2.24) is 9.88 Å². The monoisotopic (exact) mass is 379 g/mol. The lowest BCUT2D eigenvalue weighted by Crippen LogP contribution is -2.33. The molecule has 4 rings (SSSR count). The van der Waals surface area contributed by atoms with E-state index in [9.17, 15) is 14.4 Å². The number of benzene rings is 2. The summed E-state index contributed by atoms with van der Waals surface area (Å²) in [5.74, 6) is -1.21. The van der Waals surface area contributed by atoms with Crippen LogP contribution in [0.2, 0.25) is 5.02 Å². The van der Waals surface area contributed by atoms with Gasteiger partial charge in [0, 0.05) is 24.5 Å². The predicted octanol–water partition coefficient (Wildman–Crippen LogP) is 3.51. The van der Waals surface area contributed by atoms with Gasteiger partial charge in [-0.3, -0.25) is 24.3 Å². The molecule has 0 bridgehead atoms. The summed E-state index contributed by atoms with van der Waals surface area (Å²) in [4.78, 5) is 42.6. The Labute approximate surface area is 159 Å². The van der Waals surface area contributed by atoms with Crippen molar-refractivity contribution in [1.29, 1.82) is 0 Å². The maximum Gasteiger partial charge on any atom is 0.263 e. The molecule has 2 aromatic carbocycles. The van der Waals surface area contributed by atoms with Crippen LogP contribution in [0.1, 0.15) is 27.1 Å². The van der Waals surface area contributed by atoms with E-state index in [0.717, 1.165) is 10.3 Å². The molecule has 0 saturated heterocycles. The molecule has 134 valence electrons. The van der Waals surface area contributed by atoms with Gasteiger partial charge in [0.1, 0.15) is 0 Å². The molecule has 27 heavy (non-hydrogen) atoms. The Morgan fingerprint density at radius 1 is 1.04 bits per heavy atom. The number of para-hydroxylation sites is 1. The first-order chi connectivity index (χ1) is 13.1. The van der Waals surface area contributed by atoms with Gasteiger partial charge in [-0.05, 0) is 24.3 Å². The van der Waals surface area contributed by atoms with Crippen molar-refractivity contribution in [2.24, 2.45) is 0 Å². The van der Waals surface area contributed by atoms with Gasteiger partial charge in [0.25, 0.3) is 11.8 Å². The third-order valence-electron chi connectivity index (χ3n) is 4.42. The van der Waals surface area contributed by atoms with Crippen LogP contribution in [-0.2, 0) is 4.79 Å². The molecule has 1 aliphatic heterocycles. The van der Waals surface area contributed by atoms with Crippen molar-refractivity contribution < 1.29 is 14.4 Å². The molecular formula is C20H14ClN3O3. The van der Waals surface area contributed by atoms with Crippen LogP contribution in [0.25, 0.3) is 10.9 Å². The second-order valence-corrected chi connectivity index (χ2v) is 6.51. The number of fused-ring (bicyclic) bond motifs is 2. The number of carbonyl (C=O) groups is 3. The zero-order chi connectivity index (χ0) is 19.0. The quantitative estimate of drug-likeness (QED) is 0.703. The van der Waals surface area contributed by atoms with E-state index in [1.807, 2.05) is 24.3 Å². The highest BCUT2D eigenvalue weighted by molar-refractivity contribution is 6.37. The lowest BCUT2D eigenvalue weighted by Gasteiger charge is -2.14. The van der Waals surface area contributed by atoms with Gasteiger partial charge in [0.05, 0.1) is 27.4 Å². The highest BCUT2D eigenvalue weighted by Crippen LogP contribution is 2.29. The molecule has 1 N–H and O–H groups in total. The van der Waals surface area contributed by atoms with E-state index in [1.165, 1.54) is 0 Å². The Bertz CT molecular complexity index is 1090. The van der Waals surface area contributed by atoms with E-state index in [0.29, 0.717) is 11.2 Å². The van der Waals surface area contributed by atoms with Crippen LogP contribution in [0.4, 0.5) is 5.69 Å². The average Bonchev–Trinajstić information content (AvgIpc) is 2.92. The number of anilines is 1. The summed E-state index contributed by atoms with van der Waals surface area (Å²) >= 11 is 6.03. The Morgan fingerprint density at radius 2 is 1.81 bits per heavy atom. The van der Waals surface area contributed by atoms with Crippen LogP contribution < -0.4 is 5.32 Å². The summed E-state index contributed by atoms with van der Waals surface area (Å²) in [6, 6.07) is 14.0. The molecule has 1 aliphatic rings. The molecule has 3 amide bonds. The minimum absolute atomic E-state index is 0.0211. The number of nitrogens with zero attached hydrogens (tertiary/aromatic N) is 2. The molecule has 0 saturated carbocycles. The summed E-state index contributed by atoms with van der Waals surface area (Å²) in [5.41, 5.74) is 1.73. The van der Waals surface area contributed by atoms with Gasteiger partial charge in [-0.15, -0.1) is 0 Å². The molecule has 2 heterocycles. The first kappa shape index (κ1) is 17.2. The van der Waals surface area contributed by atoms with Gasteiger partial charge < -0.3 is 5.32 Å². The number of halogens is 1. The Morgan fingerprint density at radius 3 is 2.63 bits per heavy atom. The molecule has 0 aliphatic carbocycles. The summed E-state index contributed by atoms with van der Waals surface area (Å²) in [6.45, 7) is -0.0211. The van der Waals surface area contributed by atoms with Crippen LogP contribution in [0, 0.1) is 0 Å². The number of hydrogen-bond acceptors (Lipinski definition) is 4. The predicted molar refractivity (Wildman–Crippen MR) is 102 cm³/mol. The van der Waals surface area contributed by atoms with Gasteiger partial charge in [0.2, 0.25) is 5.91 Å². The highest BCUT2D eigenvalue weighted by Gasteiger charge is 2.37. The first-order valence-electron chi connectivity index (χ1n) is 8.34. The van der Waals surface area contributed by atoms with Crippen LogP contribution in [0.15, 0.2) is 54.7 Å². The van der Waals surface area contributed by atoms with Gasteiger partial charge in [0.15, 0.2) is 0 Å². The van der Waals surface area contributed by atoms with E-state index in [2.05, 4.69) is 10.3 Å². The third-order valence-corrected chi connectivity index (χ3v) is 4.73. The van der Waals surface area contributed by atoms with Crippen molar-refractivity contribution in [3.63, 3.8) is 0 Å².